The first-order chi connectivity index (χ1) is 25.1. The van der Waals surface area contributed by atoms with Gasteiger partial charge in [0.1, 0.15) is 18.3 Å². The number of rotatable bonds is 9. The SMILES string of the molecule is C=C(C)C(=O)OC12CC3CC(C1)CC(C(=O)OCC1OC4(OCC1COC(=O)C15CC6CC(CC(O)(C6)C1)C5)C1CC5CC4CC(C(=O)[O-])(C5)C1)(C3)C2. The van der Waals surface area contributed by atoms with Crippen molar-refractivity contribution in [3.05, 3.63) is 12.2 Å². The van der Waals surface area contributed by atoms with Crippen LogP contribution in [-0.2, 0) is 42.9 Å². The number of hydrogen-bond donors (Lipinski definition) is 1. The maximum Gasteiger partial charge on any atom is 0.333 e. The summed E-state index contributed by atoms with van der Waals surface area (Å²) in [6.07, 6.45) is 11.5. The van der Waals surface area contributed by atoms with E-state index in [0.717, 1.165) is 64.2 Å². The van der Waals surface area contributed by atoms with Gasteiger partial charge in [0.25, 0.3) is 0 Å². The largest absolute Gasteiger partial charge is 0.550 e. The molecule has 12 saturated carbocycles. The van der Waals surface area contributed by atoms with Crippen molar-refractivity contribution in [2.75, 3.05) is 19.8 Å². The van der Waals surface area contributed by atoms with E-state index in [1.165, 1.54) is 0 Å². The van der Waals surface area contributed by atoms with E-state index in [0.29, 0.717) is 62.4 Å². The second-order valence-electron chi connectivity index (χ2n) is 20.6. The minimum atomic E-state index is -0.988. The summed E-state index contributed by atoms with van der Waals surface area (Å²) >= 11 is 0. The third-order valence-electron chi connectivity index (χ3n) is 16.5. The summed E-state index contributed by atoms with van der Waals surface area (Å²) < 4.78 is 32.3. The highest BCUT2D eigenvalue weighted by atomic mass is 16.7. The van der Waals surface area contributed by atoms with Crippen molar-refractivity contribution < 1.29 is 53.1 Å². The minimum Gasteiger partial charge on any atom is -0.550 e. The Morgan fingerprint density at radius 1 is 0.717 bits per heavy atom. The lowest BCUT2D eigenvalue weighted by Crippen LogP contribution is -2.69. The first kappa shape index (κ1) is 35.0. The van der Waals surface area contributed by atoms with Crippen LogP contribution in [0, 0.1) is 63.6 Å². The average molecular weight is 736 g/mol. The number of aliphatic carboxylic acids is 1. The van der Waals surface area contributed by atoms with E-state index in [2.05, 4.69) is 6.58 Å². The Bertz CT molecular complexity index is 1590. The maximum atomic E-state index is 14.3. The van der Waals surface area contributed by atoms with E-state index in [4.69, 9.17) is 23.7 Å². The number of carboxylic acid groups (broad SMARTS) is 1. The van der Waals surface area contributed by atoms with Crippen LogP contribution in [0.4, 0.5) is 0 Å². The fraction of sp³-hybridized carbons (Fsp3) is 0.857. The molecule has 8 unspecified atom stereocenters. The van der Waals surface area contributed by atoms with Gasteiger partial charge < -0.3 is 38.7 Å². The van der Waals surface area contributed by atoms with E-state index < -0.39 is 57.2 Å². The minimum absolute atomic E-state index is 0.0364. The summed E-state index contributed by atoms with van der Waals surface area (Å²) in [4.78, 5) is 53.5. The summed E-state index contributed by atoms with van der Waals surface area (Å²) in [6.45, 7) is 5.68. The fourth-order valence-corrected chi connectivity index (χ4v) is 15.6. The van der Waals surface area contributed by atoms with Gasteiger partial charge in [-0.05, 0) is 139 Å². The number of carbonyl (C=O) groups is 4. The molecule has 13 fully saturated rings. The predicted octanol–water partition coefficient (Wildman–Crippen LogP) is 4.17. The first-order valence-electron chi connectivity index (χ1n) is 20.6. The van der Waals surface area contributed by atoms with Crippen LogP contribution in [0.25, 0.3) is 0 Å². The highest BCUT2D eigenvalue weighted by Gasteiger charge is 2.68. The average Bonchev–Trinajstić information content (AvgIpc) is 3.06. The molecular weight excluding hydrogens is 680 g/mol. The summed E-state index contributed by atoms with van der Waals surface area (Å²) in [7, 11) is 0. The molecule has 1 heterocycles. The van der Waals surface area contributed by atoms with Gasteiger partial charge in [0.05, 0.1) is 29.6 Å². The smallest absolute Gasteiger partial charge is 0.333 e. The van der Waals surface area contributed by atoms with Gasteiger partial charge in [-0.2, -0.15) is 0 Å². The first-order valence-corrected chi connectivity index (χ1v) is 20.6. The Hall–Kier alpha value is -2.50. The molecule has 1 aliphatic heterocycles. The molecular formula is C42H55O11-. The molecule has 0 radical (unpaired) electrons. The topological polar surface area (TPSA) is 158 Å². The number of esters is 3. The molecule has 1 saturated heterocycles. The number of carboxylic acids is 1. The van der Waals surface area contributed by atoms with Gasteiger partial charge in [-0.1, -0.05) is 6.58 Å². The van der Waals surface area contributed by atoms with Gasteiger partial charge >= 0.3 is 17.9 Å². The second kappa shape index (κ2) is 11.5. The van der Waals surface area contributed by atoms with Crippen molar-refractivity contribution in [1.29, 1.82) is 0 Å². The number of ether oxygens (including phenoxy) is 5. The number of aliphatic hydroxyl groups is 1. The van der Waals surface area contributed by atoms with Crippen molar-refractivity contribution >= 4 is 23.9 Å². The maximum absolute atomic E-state index is 14.3. The van der Waals surface area contributed by atoms with E-state index in [1.807, 2.05) is 0 Å². The molecule has 12 bridgehead atoms. The van der Waals surface area contributed by atoms with Crippen LogP contribution in [0.5, 0.6) is 0 Å². The summed E-state index contributed by atoms with van der Waals surface area (Å²) in [6, 6.07) is 0. The normalized spacial score (nSPS) is 52.1. The van der Waals surface area contributed by atoms with Crippen LogP contribution in [-0.4, -0.2) is 71.9 Å². The van der Waals surface area contributed by atoms with Crippen LogP contribution in [0.3, 0.4) is 0 Å². The summed E-state index contributed by atoms with van der Waals surface area (Å²) in [5.74, 6) is -2.02. The monoisotopic (exact) mass is 735 g/mol. The van der Waals surface area contributed by atoms with Gasteiger partial charge in [0.15, 0.2) is 5.79 Å². The highest BCUT2D eigenvalue weighted by molar-refractivity contribution is 5.87. The van der Waals surface area contributed by atoms with Crippen LogP contribution in [0.2, 0.25) is 0 Å². The van der Waals surface area contributed by atoms with Crippen LogP contribution in [0.1, 0.15) is 116 Å². The number of carbonyl (C=O) groups excluding carboxylic acids is 4. The Morgan fingerprint density at radius 3 is 1.83 bits per heavy atom. The lowest BCUT2D eigenvalue weighted by molar-refractivity contribution is -0.404. The Kier molecular flexibility index (Phi) is 7.60. The number of hydrogen-bond acceptors (Lipinski definition) is 11. The molecule has 13 rings (SSSR count). The molecule has 1 spiro atoms. The zero-order chi connectivity index (χ0) is 36.8. The quantitative estimate of drug-likeness (QED) is 0.206. The zero-order valence-electron chi connectivity index (χ0n) is 31.1. The van der Waals surface area contributed by atoms with E-state index in [-0.39, 0.29) is 61.3 Å². The Morgan fingerprint density at radius 2 is 1.26 bits per heavy atom. The van der Waals surface area contributed by atoms with Crippen molar-refractivity contribution in [3.8, 4) is 0 Å². The molecule has 0 aromatic heterocycles. The van der Waals surface area contributed by atoms with Crippen molar-refractivity contribution in [1.82, 2.24) is 0 Å². The van der Waals surface area contributed by atoms with Crippen LogP contribution in [0.15, 0.2) is 12.2 Å². The highest BCUT2D eigenvalue weighted by Crippen LogP contribution is 2.67. The third kappa shape index (κ3) is 5.35. The summed E-state index contributed by atoms with van der Waals surface area (Å²) in [5.41, 5.74) is -3.39. The van der Waals surface area contributed by atoms with Crippen molar-refractivity contribution in [2.24, 2.45) is 63.6 Å². The van der Waals surface area contributed by atoms with Gasteiger partial charge in [0, 0.05) is 41.1 Å². The Balaban J connectivity index is 0.881. The zero-order valence-corrected chi connectivity index (χ0v) is 31.1. The standard InChI is InChI=1S/C42H56O11/c1-23(2)33(43)53-41-14-27-4-28(15-41)11-39(10-27,22-41)36(47)50-20-32-29(18-49-35(46)38-8-25-3-26(9-38)13-40(48,12-25)21-38)19-51-42(52-32)30-5-24-6-31(42)17-37(7-24,16-30)34(44)45/h24-32,48H,1,3-22H2,2H3,(H,44,45)/p-1. The fourth-order valence-electron chi connectivity index (χ4n) is 15.6. The molecule has 11 nitrogen and oxygen atoms in total. The van der Waals surface area contributed by atoms with Gasteiger partial charge in [-0.15, -0.1) is 0 Å². The molecule has 13 aliphatic rings. The molecule has 0 amide bonds. The predicted molar refractivity (Wildman–Crippen MR) is 183 cm³/mol. The summed E-state index contributed by atoms with van der Waals surface area (Å²) in [5, 5.41) is 23.7. The van der Waals surface area contributed by atoms with E-state index >= 15 is 0 Å². The molecule has 0 aromatic rings. The molecule has 12 aliphatic carbocycles. The Labute approximate surface area is 311 Å². The van der Waals surface area contributed by atoms with Gasteiger partial charge in [-0.25, -0.2) is 4.79 Å². The van der Waals surface area contributed by atoms with Gasteiger partial charge in [0.2, 0.25) is 0 Å². The van der Waals surface area contributed by atoms with Crippen LogP contribution >= 0.6 is 0 Å². The van der Waals surface area contributed by atoms with E-state index in [1.54, 1.807) is 6.92 Å². The molecule has 8 atom stereocenters. The molecule has 1 N–H and O–H groups in total. The third-order valence-corrected chi connectivity index (χ3v) is 16.5. The lowest BCUT2D eigenvalue weighted by Gasteiger charge is -2.66. The van der Waals surface area contributed by atoms with Crippen molar-refractivity contribution in [3.63, 3.8) is 0 Å². The lowest BCUT2D eigenvalue weighted by atomic mass is 9.47. The molecule has 11 heteroatoms. The molecule has 0 aromatic carbocycles. The molecule has 290 valence electrons. The van der Waals surface area contributed by atoms with E-state index in [9.17, 15) is 29.4 Å². The molecule has 53 heavy (non-hydrogen) atoms. The second-order valence-corrected chi connectivity index (χ2v) is 20.6. The van der Waals surface area contributed by atoms with Gasteiger partial charge in [-0.3, -0.25) is 9.59 Å². The van der Waals surface area contributed by atoms with Crippen LogP contribution < -0.4 is 5.11 Å². The van der Waals surface area contributed by atoms with Crippen molar-refractivity contribution in [2.45, 2.75) is 139 Å².